The predicted molar refractivity (Wildman–Crippen MR) is 121 cm³/mol. The molecular weight excluding hydrogens is 487 g/mol. The number of carbonyl (C=O) groups excluding carboxylic acids is 1. The van der Waals surface area contributed by atoms with Crippen molar-refractivity contribution in [2.24, 2.45) is 4.99 Å². The lowest BCUT2D eigenvalue weighted by Gasteiger charge is -2.36. The Labute approximate surface area is 189 Å². The van der Waals surface area contributed by atoms with Crippen molar-refractivity contribution in [3.63, 3.8) is 0 Å². The van der Waals surface area contributed by atoms with Gasteiger partial charge >= 0.3 is 0 Å². The highest BCUT2D eigenvalue weighted by Crippen LogP contribution is 2.12. The Morgan fingerprint density at radius 1 is 1.31 bits per heavy atom. The highest BCUT2D eigenvalue weighted by atomic mass is 127. The molecule has 1 atom stereocenters. The summed E-state index contributed by atoms with van der Waals surface area (Å²) >= 11 is 0. The van der Waals surface area contributed by atoms with Gasteiger partial charge in [-0.15, -0.1) is 24.0 Å². The first kappa shape index (κ1) is 23.9. The van der Waals surface area contributed by atoms with Crippen molar-refractivity contribution < 1.29 is 14.1 Å². The number of nitrogens with zero attached hydrogens (tertiary/aromatic N) is 5. The van der Waals surface area contributed by atoms with Gasteiger partial charge in [0.1, 0.15) is 12.8 Å². The van der Waals surface area contributed by atoms with Crippen molar-refractivity contribution >= 4 is 35.8 Å². The van der Waals surface area contributed by atoms with Gasteiger partial charge in [0.2, 0.25) is 5.91 Å². The summed E-state index contributed by atoms with van der Waals surface area (Å²) < 4.78 is 10.7. The van der Waals surface area contributed by atoms with Crippen molar-refractivity contribution in [1.29, 1.82) is 0 Å². The van der Waals surface area contributed by atoms with Crippen LogP contribution in [0.5, 0.6) is 0 Å². The quantitative estimate of drug-likeness (QED) is 0.341. The molecule has 0 aromatic carbocycles. The lowest BCUT2D eigenvalue weighted by molar-refractivity contribution is -0.127. The van der Waals surface area contributed by atoms with Crippen molar-refractivity contribution in [1.82, 2.24) is 25.2 Å². The lowest BCUT2D eigenvalue weighted by atomic mass is 10.1. The molecule has 3 rings (SSSR count). The average Bonchev–Trinajstić information content (AvgIpc) is 3.22. The van der Waals surface area contributed by atoms with Crippen molar-refractivity contribution in [3.05, 3.63) is 18.0 Å². The summed E-state index contributed by atoms with van der Waals surface area (Å²) in [5.74, 6) is 0.795. The summed E-state index contributed by atoms with van der Waals surface area (Å²) in [6.07, 6.45) is 5.25. The molecule has 2 saturated heterocycles. The maximum absolute atomic E-state index is 12.0. The van der Waals surface area contributed by atoms with Gasteiger partial charge in [-0.05, 0) is 19.3 Å². The zero-order valence-electron chi connectivity index (χ0n) is 17.4. The van der Waals surface area contributed by atoms with E-state index in [0.29, 0.717) is 0 Å². The molecule has 1 amide bonds. The van der Waals surface area contributed by atoms with Crippen LogP contribution in [0.4, 0.5) is 0 Å². The lowest BCUT2D eigenvalue weighted by Crippen LogP contribution is -2.53. The largest absolute Gasteiger partial charge is 0.376 e. The summed E-state index contributed by atoms with van der Waals surface area (Å²) in [5.41, 5.74) is 0.950. The van der Waals surface area contributed by atoms with Crippen LogP contribution in [0.3, 0.4) is 0 Å². The summed E-state index contributed by atoms with van der Waals surface area (Å²) in [5, 5.41) is 7.44. The first-order chi connectivity index (χ1) is 13.6. The predicted octanol–water partition coefficient (Wildman–Crippen LogP) is 1.01. The van der Waals surface area contributed by atoms with Crippen LogP contribution in [0.2, 0.25) is 0 Å². The molecule has 164 valence electrons. The molecule has 2 fully saturated rings. The molecule has 1 N–H and O–H groups in total. The molecule has 0 bridgehead atoms. The number of aromatic nitrogens is 1. The maximum Gasteiger partial charge on any atom is 0.243 e. The molecule has 0 saturated carbocycles. The van der Waals surface area contributed by atoms with Crippen molar-refractivity contribution in [3.8, 4) is 0 Å². The van der Waals surface area contributed by atoms with Gasteiger partial charge in [-0.3, -0.25) is 9.69 Å². The summed E-state index contributed by atoms with van der Waals surface area (Å²) in [4.78, 5) is 22.7. The number of halogens is 1. The molecule has 0 radical (unpaired) electrons. The zero-order chi connectivity index (χ0) is 19.8. The van der Waals surface area contributed by atoms with E-state index in [2.05, 4.69) is 25.3 Å². The fraction of sp³-hybridized carbons (Fsp3) is 0.737. The molecule has 2 aliphatic heterocycles. The first-order valence-corrected chi connectivity index (χ1v) is 10.1. The molecule has 2 aliphatic rings. The van der Waals surface area contributed by atoms with E-state index < -0.39 is 0 Å². The average molecular weight is 520 g/mol. The summed E-state index contributed by atoms with van der Waals surface area (Å²) in [6.45, 7) is 6.03. The van der Waals surface area contributed by atoms with Gasteiger partial charge in [-0.1, -0.05) is 5.16 Å². The van der Waals surface area contributed by atoms with Crippen LogP contribution in [0, 0.1) is 0 Å². The smallest absolute Gasteiger partial charge is 0.243 e. The summed E-state index contributed by atoms with van der Waals surface area (Å²) in [7, 11) is 3.51. The van der Waals surface area contributed by atoms with Crippen LogP contribution in [0.15, 0.2) is 21.8 Å². The number of amides is 1. The molecule has 10 heteroatoms. The molecule has 0 spiro atoms. The van der Waals surface area contributed by atoms with Gasteiger partial charge in [0.25, 0.3) is 0 Å². The molecule has 3 heterocycles. The van der Waals surface area contributed by atoms with E-state index in [4.69, 9.17) is 9.26 Å². The highest BCUT2D eigenvalue weighted by Gasteiger charge is 2.22. The number of hydrogen-bond donors (Lipinski definition) is 1. The van der Waals surface area contributed by atoms with E-state index in [1.54, 1.807) is 25.3 Å². The van der Waals surface area contributed by atoms with Crippen LogP contribution >= 0.6 is 24.0 Å². The number of guanidine groups is 1. The zero-order valence-corrected chi connectivity index (χ0v) is 19.7. The van der Waals surface area contributed by atoms with Gasteiger partial charge in [0, 0.05) is 66.0 Å². The molecule has 1 aromatic heterocycles. The van der Waals surface area contributed by atoms with E-state index in [1.165, 1.54) is 6.42 Å². The molecule has 1 aromatic rings. The van der Waals surface area contributed by atoms with E-state index >= 15 is 0 Å². The number of carbonyl (C=O) groups is 1. The second-order valence-electron chi connectivity index (χ2n) is 7.55. The molecular formula is C19H33IN6O3. The monoisotopic (exact) mass is 520 g/mol. The first-order valence-electron chi connectivity index (χ1n) is 10.1. The fourth-order valence-corrected chi connectivity index (χ4v) is 3.39. The standard InChI is InChI=1S/C19H32N6O3.HI/c1-23(2)18(26)14-21-19(20-13-17-5-3-4-11-27-17)25-9-7-24(8-10-25)15-16-6-12-28-22-16;/h6,12,17H,3-5,7-11,13-15H2,1-2H3,(H,20,21);1H. The Kier molecular flexibility index (Phi) is 10.2. The SMILES string of the molecule is CN(C)C(=O)CN=C(NCC1CCCCO1)N1CCN(Cc2ccon2)CC1.I. The number of piperazine rings is 1. The minimum absolute atomic E-state index is 0. The second-order valence-corrected chi connectivity index (χ2v) is 7.55. The van der Waals surface area contributed by atoms with Crippen LogP contribution in [-0.2, 0) is 16.1 Å². The van der Waals surface area contributed by atoms with Crippen LogP contribution in [0.1, 0.15) is 25.0 Å². The number of nitrogens with one attached hydrogen (secondary N) is 1. The van der Waals surface area contributed by atoms with Crippen LogP contribution < -0.4 is 5.32 Å². The molecule has 0 aliphatic carbocycles. The van der Waals surface area contributed by atoms with E-state index in [0.717, 1.165) is 70.4 Å². The molecule has 29 heavy (non-hydrogen) atoms. The van der Waals surface area contributed by atoms with Gasteiger partial charge < -0.3 is 24.4 Å². The minimum Gasteiger partial charge on any atom is -0.376 e. The van der Waals surface area contributed by atoms with Crippen LogP contribution in [0.25, 0.3) is 0 Å². The number of rotatable bonds is 6. The van der Waals surface area contributed by atoms with Gasteiger partial charge in [0.05, 0.1) is 11.8 Å². The third-order valence-corrected chi connectivity index (χ3v) is 5.17. The fourth-order valence-electron chi connectivity index (χ4n) is 3.39. The molecule has 1 unspecified atom stereocenters. The third kappa shape index (κ3) is 7.74. The topological polar surface area (TPSA) is 86.4 Å². The Bertz CT molecular complexity index is 626. The van der Waals surface area contributed by atoms with Gasteiger partial charge in [-0.25, -0.2) is 4.99 Å². The van der Waals surface area contributed by atoms with Crippen molar-refractivity contribution in [2.45, 2.75) is 31.9 Å². The Morgan fingerprint density at radius 2 is 2.10 bits per heavy atom. The number of likely N-dealkylation sites (N-methyl/N-ethyl adjacent to an activating group) is 1. The Morgan fingerprint density at radius 3 is 2.72 bits per heavy atom. The van der Waals surface area contributed by atoms with Gasteiger partial charge in [-0.2, -0.15) is 0 Å². The maximum atomic E-state index is 12.0. The van der Waals surface area contributed by atoms with E-state index in [1.807, 2.05) is 6.07 Å². The van der Waals surface area contributed by atoms with E-state index in [9.17, 15) is 4.79 Å². The Balaban J connectivity index is 0.00000300. The number of hydrogen-bond acceptors (Lipinski definition) is 6. The number of aliphatic imine (C=N–C) groups is 1. The summed E-state index contributed by atoms with van der Waals surface area (Å²) in [6, 6.07) is 1.90. The molecule has 9 nitrogen and oxygen atoms in total. The van der Waals surface area contributed by atoms with Gasteiger partial charge in [0.15, 0.2) is 5.96 Å². The van der Waals surface area contributed by atoms with Crippen molar-refractivity contribution in [2.75, 3.05) is 60.0 Å². The van der Waals surface area contributed by atoms with Crippen LogP contribution in [-0.4, -0.2) is 97.8 Å². The Hall–Kier alpha value is -1.40. The normalized spacial score (nSPS) is 20.8. The number of ether oxygens (including phenoxy) is 1. The minimum atomic E-state index is -0.00196. The third-order valence-electron chi connectivity index (χ3n) is 5.17. The second kappa shape index (κ2) is 12.3. The highest BCUT2D eigenvalue weighted by molar-refractivity contribution is 14.0. The van der Waals surface area contributed by atoms with E-state index in [-0.39, 0.29) is 42.5 Å².